The highest BCUT2D eigenvalue weighted by atomic mass is 35.5. The molecule has 1 fully saturated rings. The van der Waals surface area contributed by atoms with Crippen molar-refractivity contribution in [2.45, 2.75) is 25.7 Å². The molecule has 0 aromatic heterocycles. The molecule has 2 heterocycles. The Bertz CT molecular complexity index is 602. The Morgan fingerprint density at radius 2 is 1.22 bits per heavy atom. The van der Waals surface area contributed by atoms with E-state index in [2.05, 4.69) is 58.3 Å². The lowest BCUT2D eigenvalue weighted by molar-refractivity contribution is 0.348. The summed E-state index contributed by atoms with van der Waals surface area (Å²) in [6.07, 6.45) is 5.03. The molecule has 0 unspecified atom stereocenters. The minimum Gasteiger partial charge on any atom is -0.340 e. The van der Waals surface area contributed by atoms with Gasteiger partial charge in [0.15, 0.2) is 0 Å². The van der Waals surface area contributed by atoms with Gasteiger partial charge in [0.05, 0.1) is 0 Å². The van der Waals surface area contributed by atoms with Crippen LogP contribution < -0.4 is 4.90 Å². The average Bonchev–Trinajstić information content (AvgIpc) is 3.03. The van der Waals surface area contributed by atoms with E-state index in [1.165, 1.54) is 55.0 Å². The van der Waals surface area contributed by atoms with E-state index in [1.54, 1.807) is 0 Å². The largest absolute Gasteiger partial charge is 0.340 e. The fraction of sp³-hybridized carbons (Fsp3) is 0.400. The van der Waals surface area contributed by atoms with Gasteiger partial charge in [-0.2, -0.15) is 0 Å². The zero-order valence-electron chi connectivity index (χ0n) is 13.6. The lowest BCUT2D eigenvalue weighted by atomic mass is 10.0. The standard InChI is InChI=1S/C20H24N2.ClH/c1-3-9-19-17(7-1)11-12-18-8-2-4-10-20(18)22(19)16-15-21-13-5-6-14-21;/h1-4,7-10H,5-6,11-16H2;1H. The highest BCUT2D eigenvalue weighted by Gasteiger charge is 2.21. The van der Waals surface area contributed by atoms with Crippen molar-refractivity contribution in [3.63, 3.8) is 0 Å². The van der Waals surface area contributed by atoms with Crippen LogP contribution in [0.2, 0.25) is 0 Å². The molecule has 0 radical (unpaired) electrons. The first kappa shape index (κ1) is 16.4. The molecule has 0 aliphatic carbocycles. The first-order valence-electron chi connectivity index (χ1n) is 8.57. The van der Waals surface area contributed by atoms with Gasteiger partial charge in [0, 0.05) is 24.5 Å². The molecule has 2 aliphatic rings. The number of aryl methyl sites for hydroxylation is 2. The third kappa shape index (κ3) is 3.39. The van der Waals surface area contributed by atoms with E-state index in [0.717, 1.165) is 19.4 Å². The highest BCUT2D eigenvalue weighted by molar-refractivity contribution is 5.85. The van der Waals surface area contributed by atoms with Gasteiger partial charge in [-0.3, -0.25) is 0 Å². The molecule has 0 bridgehead atoms. The summed E-state index contributed by atoms with van der Waals surface area (Å²) in [5.41, 5.74) is 5.79. The molecule has 0 amide bonds. The summed E-state index contributed by atoms with van der Waals surface area (Å²) >= 11 is 0. The first-order chi connectivity index (χ1) is 10.9. The van der Waals surface area contributed by atoms with Crippen LogP contribution in [0.1, 0.15) is 24.0 Å². The Kier molecular flexibility index (Phi) is 5.24. The van der Waals surface area contributed by atoms with E-state index in [4.69, 9.17) is 0 Å². The van der Waals surface area contributed by atoms with Gasteiger partial charge in [-0.25, -0.2) is 0 Å². The van der Waals surface area contributed by atoms with Crippen LogP contribution in [0.4, 0.5) is 11.4 Å². The van der Waals surface area contributed by atoms with Gasteiger partial charge in [0.2, 0.25) is 0 Å². The molecule has 0 N–H and O–H groups in total. The van der Waals surface area contributed by atoms with E-state index in [1.807, 2.05) is 0 Å². The minimum absolute atomic E-state index is 0. The normalized spacial score (nSPS) is 17.1. The molecule has 2 aliphatic heterocycles. The smallest absolute Gasteiger partial charge is 0.0443 e. The molecule has 122 valence electrons. The lowest BCUT2D eigenvalue weighted by Gasteiger charge is -2.29. The van der Waals surface area contributed by atoms with Crippen LogP contribution in [0, 0.1) is 0 Å². The third-order valence-electron chi connectivity index (χ3n) is 5.07. The number of hydrogen-bond acceptors (Lipinski definition) is 2. The molecule has 2 aromatic rings. The Hall–Kier alpha value is -1.51. The monoisotopic (exact) mass is 328 g/mol. The minimum atomic E-state index is 0. The van der Waals surface area contributed by atoms with Crippen molar-refractivity contribution in [1.29, 1.82) is 0 Å². The van der Waals surface area contributed by atoms with Gasteiger partial charge in [-0.05, 0) is 62.0 Å². The molecular weight excluding hydrogens is 304 g/mol. The summed E-state index contributed by atoms with van der Waals surface area (Å²) in [6.45, 7) is 4.81. The molecule has 2 aromatic carbocycles. The number of anilines is 2. The number of nitrogens with zero attached hydrogens (tertiary/aromatic N) is 2. The Morgan fingerprint density at radius 3 is 1.78 bits per heavy atom. The van der Waals surface area contributed by atoms with Crippen LogP contribution in [0.15, 0.2) is 48.5 Å². The molecule has 23 heavy (non-hydrogen) atoms. The number of rotatable bonds is 3. The number of fused-ring (bicyclic) bond motifs is 2. The van der Waals surface area contributed by atoms with Crippen molar-refractivity contribution in [2.24, 2.45) is 0 Å². The Labute approximate surface area is 145 Å². The van der Waals surface area contributed by atoms with Crippen LogP contribution in [-0.4, -0.2) is 31.1 Å². The summed E-state index contributed by atoms with van der Waals surface area (Å²) < 4.78 is 0. The topological polar surface area (TPSA) is 6.48 Å². The van der Waals surface area contributed by atoms with Gasteiger partial charge < -0.3 is 9.80 Å². The van der Waals surface area contributed by atoms with Crippen molar-refractivity contribution in [2.75, 3.05) is 31.1 Å². The number of likely N-dealkylation sites (tertiary alicyclic amines) is 1. The molecule has 0 spiro atoms. The maximum absolute atomic E-state index is 2.61. The second-order valence-electron chi connectivity index (χ2n) is 6.46. The zero-order valence-corrected chi connectivity index (χ0v) is 14.4. The van der Waals surface area contributed by atoms with Crippen LogP contribution in [-0.2, 0) is 12.8 Å². The maximum Gasteiger partial charge on any atom is 0.0443 e. The van der Waals surface area contributed by atoms with Gasteiger partial charge in [0.25, 0.3) is 0 Å². The molecule has 1 saturated heterocycles. The van der Waals surface area contributed by atoms with Crippen molar-refractivity contribution in [3.05, 3.63) is 59.7 Å². The number of benzene rings is 2. The average molecular weight is 329 g/mol. The van der Waals surface area contributed by atoms with Gasteiger partial charge in [-0.1, -0.05) is 36.4 Å². The van der Waals surface area contributed by atoms with E-state index in [9.17, 15) is 0 Å². The first-order valence-corrected chi connectivity index (χ1v) is 8.57. The third-order valence-corrected chi connectivity index (χ3v) is 5.07. The van der Waals surface area contributed by atoms with E-state index in [-0.39, 0.29) is 12.4 Å². The summed E-state index contributed by atoms with van der Waals surface area (Å²) in [6, 6.07) is 17.9. The predicted molar refractivity (Wildman–Crippen MR) is 100 cm³/mol. The number of halogens is 1. The molecule has 2 nitrogen and oxygen atoms in total. The molecule has 0 saturated carbocycles. The van der Waals surface area contributed by atoms with Gasteiger partial charge in [0.1, 0.15) is 0 Å². The fourth-order valence-electron chi connectivity index (χ4n) is 3.86. The van der Waals surface area contributed by atoms with Crippen molar-refractivity contribution < 1.29 is 0 Å². The summed E-state index contributed by atoms with van der Waals surface area (Å²) in [4.78, 5) is 5.16. The molecular formula is C20H25ClN2. The maximum atomic E-state index is 2.61. The van der Waals surface area contributed by atoms with E-state index < -0.39 is 0 Å². The van der Waals surface area contributed by atoms with Crippen molar-refractivity contribution in [1.82, 2.24) is 4.90 Å². The summed E-state index contributed by atoms with van der Waals surface area (Å²) in [5, 5.41) is 0. The van der Waals surface area contributed by atoms with Crippen LogP contribution in [0.3, 0.4) is 0 Å². The van der Waals surface area contributed by atoms with Crippen molar-refractivity contribution in [3.8, 4) is 0 Å². The number of para-hydroxylation sites is 2. The quantitative estimate of drug-likeness (QED) is 0.821. The predicted octanol–water partition coefficient (Wildman–Crippen LogP) is 4.44. The second-order valence-corrected chi connectivity index (χ2v) is 6.46. The van der Waals surface area contributed by atoms with Crippen molar-refractivity contribution >= 4 is 23.8 Å². The SMILES string of the molecule is Cl.c1ccc2c(c1)CCc1ccccc1N2CCN1CCCC1. The van der Waals surface area contributed by atoms with E-state index >= 15 is 0 Å². The Balaban J connectivity index is 0.00000156. The zero-order chi connectivity index (χ0) is 14.8. The fourth-order valence-corrected chi connectivity index (χ4v) is 3.86. The second kappa shape index (κ2) is 7.37. The summed E-state index contributed by atoms with van der Waals surface area (Å²) in [7, 11) is 0. The summed E-state index contributed by atoms with van der Waals surface area (Å²) in [5.74, 6) is 0. The van der Waals surface area contributed by atoms with Crippen LogP contribution in [0.25, 0.3) is 0 Å². The van der Waals surface area contributed by atoms with Gasteiger partial charge >= 0.3 is 0 Å². The Morgan fingerprint density at radius 1 is 0.696 bits per heavy atom. The molecule has 4 rings (SSSR count). The van der Waals surface area contributed by atoms with Gasteiger partial charge in [-0.15, -0.1) is 12.4 Å². The lowest BCUT2D eigenvalue weighted by Crippen LogP contribution is -2.31. The van der Waals surface area contributed by atoms with E-state index in [0.29, 0.717) is 0 Å². The number of hydrogen-bond donors (Lipinski definition) is 0. The highest BCUT2D eigenvalue weighted by Crippen LogP contribution is 2.35. The molecule has 0 atom stereocenters. The molecule has 3 heteroatoms. The van der Waals surface area contributed by atoms with Crippen LogP contribution >= 0.6 is 12.4 Å². The van der Waals surface area contributed by atoms with Crippen LogP contribution in [0.5, 0.6) is 0 Å².